The van der Waals surface area contributed by atoms with E-state index in [0.717, 1.165) is 29.7 Å². The summed E-state index contributed by atoms with van der Waals surface area (Å²) in [6.07, 6.45) is 7.99. The highest BCUT2D eigenvalue weighted by molar-refractivity contribution is 5.97. The zero-order valence-electron chi connectivity index (χ0n) is 22.1. The Labute approximate surface area is 229 Å². The van der Waals surface area contributed by atoms with Crippen molar-refractivity contribution >= 4 is 28.5 Å². The normalized spacial score (nSPS) is 14.8. The van der Waals surface area contributed by atoms with E-state index in [0.29, 0.717) is 41.1 Å². The third-order valence-corrected chi connectivity index (χ3v) is 7.07. The number of nitrogens with one attached hydrogen (secondary N) is 3. The number of carbonyl (C=O) groups is 2. The molecule has 3 N–H and O–H groups in total. The number of carbonyl (C=O) groups excluding carboxylic acids is 2. The third-order valence-electron chi connectivity index (χ3n) is 7.07. The van der Waals surface area contributed by atoms with E-state index < -0.39 is 17.9 Å². The summed E-state index contributed by atoms with van der Waals surface area (Å²) in [6, 6.07) is 10.0. The number of amides is 1. The second-order valence-electron chi connectivity index (χ2n) is 9.57. The quantitative estimate of drug-likeness (QED) is 0.212. The standard InChI is InChI=1S/C28H28N8O4/c1-4-13-36(24-11-7-18-14-23-21(15-20(18)24)27(38)30-16(2)29-23)19-8-5-17(6-9-19)26(37)31-22(28(39)40-3)10-12-25-32-34-35-33-25/h1,5-6,8-9,14-15,22,24H,7,10-13H2,2-3H3,(H,31,37)(H,29,30,38)(H,32,33,34,35)/t22?,24-/m0/s1. The Kier molecular flexibility index (Phi) is 7.54. The molecule has 2 heterocycles. The number of aromatic nitrogens is 6. The minimum Gasteiger partial charge on any atom is -0.467 e. The molecule has 12 heteroatoms. The van der Waals surface area contributed by atoms with Crippen LogP contribution in [0.5, 0.6) is 0 Å². The third kappa shape index (κ3) is 5.40. The number of methoxy groups -OCH3 is 1. The number of benzene rings is 2. The molecule has 40 heavy (non-hydrogen) atoms. The highest BCUT2D eigenvalue weighted by Gasteiger charge is 2.29. The summed E-state index contributed by atoms with van der Waals surface area (Å²) < 4.78 is 4.85. The topological polar surface area (TPSA) is 159 Å². The van der Waals surface area contributed by atoms with Crippen LogP contribution in [-0.4, -0.2) is 62.2 Å². The van der Waals surface area contributed by atoms with Gasteiger partial charge in [-0.1, -0.05) is 11.1 Å². The second-order valence-corrected chi connectivity index (χ2v) is 9.57. The van der Waals surface area contributed by atoms with Gasteiger partial charge < -0.3 is 19.9 Å². The average molecular weight is 541 g/mol. The number of H-pyrrole nitrogens is 2. The molecule has 0 spiro atoms. The molecule has 204 valence electrons. The number of hydrogen-bond acceptors (Lipinski definition) is 9. The molecular formula is C28H28N8O4. The Balaban J connectivity index is 1.35. The summed E-state index contributed by atoms with van der Waals surface area (Å²) in [5, 5.41) is 16.9. The summed E-state index contributed by atoms with van der Waals surface area (Å²) in [4.78, 5) is 47.2. The number of nitrogens with zero attached hydrogens (tertiary/aromatic N) is 5. The van der Waals surface area contributed by atoms with Gasteiger partial charge in [-0.15, -0.1) is 16.6 Å². The van der Waals surface area contributed by atoms with Gasteiger partial charge in [-0.2, -0.15) is 5.21 Å². The van der Waals surface area contributed by atoms with Gasteiger partial charge in [0.05, 0.1) is 30.6 Å². The van der Waals surface area contributed by atoms with Crippen LogP contribution < -0.4 is 15.8 Å². The van der Waals surface area contributed by atoms with Gasteiger partial charge in [-0.05, 0) is 73.7 Å². The molecule has 1 aliphatic rings. The number of anilines is 1. The molecule has 0 radical (unpaired) electrons. The van der Waals surface area contributed by atoms with Crippen LogP contribution in [0.15, 0.2) is 41.2 Å². The van der Waals surface area contributed by atoms with E-state index in [1.807, 2.05) is 24.3 Å². The first-order chi connectivity index (χ1) is 19.4. The van der Waals surface area contributed by atoms with E-state index in [-0.39, 0.29) is 18.0 Å². The molecule has 0 aliphatic heterocycles. The number of esters is 1. The number of hydrogen-bond donors (Lipinski definition) is 3. The van der Waals surface area contributed by atoms with Crippen molar-refractivity contribution in [2.75, 3.05) is 18.6 Å². The summed E-state index contributed by atoms with van der Waals surface area (Å²) in [5.74, 6) is 2.76. The number of aryl methyl sites for hydroxylation is 3. The maximum absolute atomic E-state index is 13.0. The van der Waals surface area contributed by atoms with Crippen LogP contribution in [0.4, 0.5) is 5.69 Å². The van der Waals surface area contributed by atoms with Gasteiger partial charge in [0.25, 0.3) is 11.5 Å². The number of tetrazole rings is 1. The number of ether oxygens (including phenoxy) is 1. The number of terminal acetylenes is 1. The van der Waals surface area contributed by atoms with E-state index >= 15 is 0 Å². The minimum atomic E-state index is -0.875. The van der Waals surface area contributed by atoms with Crippen LogP contribution in [0.3, 0.4) is 0 Å². The van der Waals surface area contributed by atoms with Gasteiger partial charge in [0.2, 0.25) is 0 Å². The summed E-state index contributed by atoms with van der Waals surface area (Å²) in [6.45, 7) is 2.11. The van der Waals surface area contributed by atoms with Crippen molar-refractivity contribution in [2.24, 2.45) is 0 Å². The van der Waals surface area contributed by atoms with Crippen LogP contribution in [0.2, 0.25) is 0 Å². The fourth-order valence-electron chi connectivity index (χ4n) is 5.14. The van der Waals surface area contributed by atoms with Crippen LogP contribution in [-0.2, 0) is 22.4 Å². The van der Waals surface area contributed by atoms with Crippen molar-refractivity contribution in [1.82, 2.24) is 35.9 Å². The molecule has 0 saturated carbocycles. The lowest BCUT2D eigenvalue weighted by molar-refractivity contribution is -0.143. The van der Waals surface area contributed by atoms with Crippen molar-refractivity contribution in [2.45, 2.75) is 44.7 Å². The van der Waals surface area contributed by atoms with Gasteiger partial charge in [-0.25, -0.2) is 9.78 Å². The zero-order valence-corrected chi connectivity index (χ0v) is 22.1. The van der Waals surface area contributed by atoms with Crippen LogP contribution in [0.25, 0.3) is 10.9 Å². The fraction of sp³-hybridized carbons (Fsp3) is 0.321. The van der Waals surface area contributed by atoms with Crippen molar-refractivity contribution in [3.05, 3.63) is 75.1 Å². The first-order valence-electron chi connectivity index (χ1n) is 12.8. The lowest BCUT2D eigenvalue weighted by Gasteiger charge is -2.30. The molecule has 0 fully saturated rings. The lowest BCUT2D eigenvalue weighted by Crippen LogP contribution is -2.42. The molecular weight excluding hydrogens is 512 g/mol. The van der Waals surface area contributed by atoms with Gasteiger partial charge in [0.1, 0.15) is 11.9 Å². The number of rotatable bonds is 9. The predicted molar refractivity (Wildman–Crippen MR) is 147 cm³/mol. The van der Waals surface area contributed by atoms with E-state index in [2.05, 4.69) is 46.7 Å². The van der Waals surface area contributed by atoms with Crippen LogP contribution >= 0.6 is 0 Å². The average Bonchev–Trinajstić information content (AvgIpc) is 3.62. The van der Waals surface area contributed by atoms with E-state index in [9.17, 15) is 14.4 Å². The van der Waals surface area contributed by atoms with E-state index in [1.165, 1.54) is 7.11 Å². The molecule has 5 rings (SSSR count). The fourth-order valence-corrected chi connectivity index (χ4v) is 5.14. The van der Waals surface area contributed by atoms with Gasteiger partial charge >= 0.3 is 5.97 Å². The van der Waals surface area contributed by atoms with Crippen molar-refractivity contribution < 1.29 is 14.3 Å². The first kappa shape index (κ1) is 26.6. The van der Waals surface area contributed by atoms with Gasteiger partial charge in [0.15, 0.2) is 5.82 Å². The molecule has 0 bridgehead atoms. The Morgan fingerprint density at radius 2 is 2.08 bits per heavy atom. The second kappa shape index (κ2) is 11.4. The molecule has 12 nitrogen and oxygen atoms in total. The zero-order chi connectivity index (χ0) is 28.2. The van der Waals surface area contributed by atoms with Crippen LogP contribution in [0, 0.1) is 19.3 Å². The molecule has 1 aliphatic carbocycles. The molecule has 1 unspecified atom stereocenters. The highest BCUT2D eigenvalue weighted by Crippen LogP contribution is 2.39. The Morgan fingerprint density at radius 1 is 1.27 bits per heavy atom. The number of fused-ring (bicyclic) bond motifs is 2. The Morgan fingerprint density at radius 3 is 2.77 bits per heavy atom. The maximum atomic E-state index is 13.0. The summed E-state index contributed by atoms with van der Waals surface area (Å²) in [7, 11) is 1.27. The largest absolute Gasteiger partial charge is 0.467 e. The van der Waals surface area contributed by atoms with Crippen LogP contribution in [0.1, 0.15) is 52.0 Å². The molecule has 2 atom stereocenters. The number of aromatic amines is 2. The molecule has 0 saturated heterocycles. The minimum absolute atomic E-state index is 0.0373. The van der Waals surface area contributed by atoms with Crippen molar-refractivity contribution in [3.63, 3.8) is 0 Å². The Hall–Kier alpha value is -5.05. The summed E-state index contributed by atoms with van der Waals surface area (Å²) in [5.41, 5.74) is 3.92. The smallest absolute Gasteiger partial charge is 0.328 e. The monoisotopic (exact) mass is 540 g/mol. The van der Waals surface area contributed by atoms with E-state index in [4.69, 9.17) is 11.2 Å². The molecule has 1 amide bonds. The van der Waals surface area contributed by atoms with Gasteiger partial charge in [0, 0.05) is 17.7 Å². The van der Waals surface area contributed by atoms with Crippen molar-refractivity contribution in [3.8, 4) is 12.3 Å². The Bertz CT molecular complexity index is 1640. The lowest BCUT2D eigenvalue weighted by atomic mass is 10.0. The highest BCUT2D eigenvalue weighted by atomic mass is 16.5. The predicted octanol–water partition coefficient (Wildman–Crippen LogP) is 1.78. The molecule has 2 aromatic carbocycles. The van der Waals surface area contributed by atoms with E-state index in [1.54, 1.807) is 19.1 Å². The SMILES string of the molecule is C#CCN(c1ccc(C(=O)NC(CCc2nn[nH]n2)C(=O)OC)cc1)[C@H]1CCc2cc3nc(C)[nH]c(=O)c3cc21. The maximum Gasteiger partial charge on any atom is 0.328 e. The van der Waals surface area contributed by atoms with Crippen molar-refractivity contribution in [1.29, 1.82) is 0 Å². The summed E-state index contributed by atoms with van der Waals surface area (Å²) >= 11 is 0. The molecule has 4 aromatic rings. The van der Waals surface area contributed by atoms with Gasteiger partial charge in [-0.3, -0.25) is 9.59 Å². The molecule has 2 aromatic heterocycles. The first-order valence-corrected chi connectivity index (χ1v) is 12.8.